The van der Waals surface area contributed by atoms with E-state index in [2.05, 4.69) is 9.82 Å². The summed E-state index contributed by atoms with van der Waals surface area (Å²) in [6.07, 6.45) is 4.22. The highest BCUT2D eigenvalue weighted by Crippen LogP contribution is 2.15. The molecule has 114 valence electrons. The molecule has 0 spiro atoms. The Labute approximate surface area is 125 Å². The molecule has 3 N–H and O–H groups in total. The van der Waals surface area contributed by atoms with Gasteiger partial charge in [-0.1, -0.05) is 12.1 Å². The zero-order valence-electron chi connectivity index (χ0n) is 11.9. The molecule has 1 aromatic heterocycles. The van der Waals surface area contributed by atoms with Crippen molar-refractivity contribution in [2.45, 2.75) is 30.8 Å². The van der Waals surface area contributed by atoms with E-state index in [-0.39, 0.29) is 10.9 Å². The van der Waals surface area contributed by atoms with Crippen LogP contribution in [0.1, 0.15) is 24.9 Å². The van der Waals surface area contributed by atoms with E-state index in [0.717, 1.165) is 5.56 Å². The fourth-order valence-corrected chi connectivity index (χ4v) is 3.06. The van der Waals surface area contributed by atoms with Crippen LogP contribution in [-0.2, 0) is 16.6 Å². The van der Waals surface area contributed by atoms with E-state index in [1.54, 1.807) is 29.1 Å². The molecule has 0 saturated carbocycles. The highest BCUT2D eigenvalue weighted by atomic mass is 32.2. The Balaban J connectivity index is 1.93. The first-order valence-electron chi connectivity index (χ1n) is 6.82. The summed E-state index contributed by atoms with van der Waals surface area (Å²) in [6, 6.07) is 8.35. The van der Waals surface area contributed by atoms with Gasteiger partial charge in [0.15, 0.2) is 0 Å². The molecule has 0 radical (unpaired) electrons. The van der Waals surface area contributed by atoms with Crippen LogP contribution < -0.4 is 10.5 Å². The van der Waals surface area contributed by atoms with Crippen molar-refractivity contribution in [2.24, 2.45) is 5.73 Å². The van der Waals surface area contributed by atoms with Crippen molar-refractivity contribution in [3.8, 4) is 0 Å². The molecule has 1 aromatic carbocycles. The third-order valence-electron chi connectivity index (χ3n) is 3.11. The van der Waals surface area contributed by atoms with Crippen LogP contribution in [0.4, 0.5) is 0 Å². The van der Waals surface area contributed by atoms with Gasteiger partial charge in [0.1, 0.15) is 0 Å². The number of sulfonamides is 1. The van der Waals surface area contributed by atoms with Gasteiger partial charge in [0, 0.05) is 31.5 Å². The quantitative estimate of drug-likeness (QED) is 0.754. The normalized spacial score (nSPS) is 13.2. The van der Waals surface area contributed by atoms with Crippen molar-refractivity contribution in [3.05, 3.63) is 48.3 Å². The first-order chi connectivity index (χ1) is 9.99. The van der Waals surface area contributed by atoms with Gasteiger partial charge in [0.25, 0.3) is 0 Å². The minimum Gasteiger partial charge on any atom is -0.324 e. The van der Waals surface area contributed by atoms with E-state index in [1.807, 2.05) is 25.3 Å². The SMILES string of the molecule is CC(N)c1cccc(S(=O)(=O)NCCCn2cccn2)c1. The highest BCUT2D eigenvalue weighted by Gasteiger charge is 2.14. The molecule has 1 heterocycles. The minimum atomic E-state index is -3.49. The smallest absolute Gasteiger partial charge is 0.240 e. The molecule has 7 heteroatoms. The van der Waals surface area contributed by atoms with Crippen LogP contribution >= 0.6 is 0 Å². The predicted octanol–water partition coefficient (Wildman–Crippen LogP) is 1.27. The maximum atomic E-state index is 12.2. The molecule has 0 aliphatic rings. The molecule has 6 nitrogen and oxygen atoms in total. The first-order valence-corrected chi connectivity index (χ1v) is 8.30. The fourth-order valence-electron chi connectivity index (χ4n) is 1.93. The molecular formula is C14H20N4O2S. The number of rotatable bonds is 7. The Bertz CT molecular complexity index is 666. The topological polar surface area (TPSA) is 90.0 Å². The second-order valence-corrected chi connectivity index (χ2v) is 6.65. The number of benzene rings is 1. The predicted molar refractivity (Wildman–Crippen MR) is 81.1 cm³/mol. The molecule has 0 aliphatic heterocycles. The van der Waals surface area contributed by atoms with Crippen molar-refractivity contribution >= 4 is 10.0 Å². The monoisotopic (exact) mass is 308 g/mol. The molecule has 1 unspecified atom stereocenters. The lowest BCUT2D eigenvalue weighted by atomic mass is 10.1. The lowest BCUT2D eigenvalue weighted by Gasteiger charge is -2.10. The summed E-state index contributed by atoms with van der Waals surface area (Å²) in [4.78, 5) is 0.247. The van der Waals surface area contributed by atoms with Gasteiger partial charge in [0.2, 0.25) is 10.0 Å². The van der Waals surface area contributed by atoms with Gasteiger partial charge < -0.3 is 5.73 Å². The zero-order chi connectivity index (χ0) is 15.3. The number of nitrogens with zero attached hydrogens (tertiary/aromatic N) is 2. The maximum Gasteiger partial charge on any atom is 0.240 e. The van der Waals surface area contributed by atoms with Gasteiger partial charge in [-0.3, -0.25) is 4.68 Å². The van der Waals surface area contributed by atoms with Gasteiger partial charge in [-0.25, -0.2) is 13.1 Å². The lowest BCUT2D eigenvalue weighted by molar-refractivity contribution is 0.553. The van der Waals surface area contributed by atoms with Gasteiger partial charge in [-0.15, -0.1) is 0 Å². The molecule has 0 bridgehead atoms. The number of nitrogens with one attached hydrogen (secondary N) is 1. The second kappa shape index (κ2) is 6.84. The molecular weight excluding hydrogens is 288 g/mol. The van der Waals surface area contributed by atoms with Gasteiger partial charge in [-0.2, -0.15) is 5.10 Å². The Morgan fingerprint density at radius 1 is 1.38 bits per heavy atom. The van der Waals surface area contributed by atoms with Crippen LogP contribution in [0.5, 0.6) is 0 Å². The summed E-state index contributed by atoms with van der Waals surface area (Å²) in [5.74, 6) is 0. The van der Waals surface area contributed by atoms with Crippen molar-refractivity contribution in [3.63, 3.8) is 0 Å². The van der Waals surface area contributed by atoms with E-state index >= 15 is 0 Å². The highest BCUT2D eigenvalue weighted by molar-refractivity contribution is 7.89. The van der Waals surface area contributed by atoms with E-state index in [1.165, 1.54) is 0 Å². The van der Waals surface area contributed by atoms with Crippen LogP contribution in [0.25, 0.3) is 0 Å². The third kappa shape index (κ3) is 4.38. The Morgan fingerprint density at radius 3 is 2.86 bits per heavy atom. The van der Waals surface area contributed by atoms with Crippen LogP contribution in [-0.4, -0.2) is 24.7 Å². The van der Waals surface area contributed by atoms with E-state index in [0.29, 0.717) is 19.5 Å². The molecule has 21 heavy (non-hydrogen) atoms. The van der Waals surface area contributed by atoms with Crippen LogP contribution in [0.2, 0.25) is 0 Å². The van der Waals surface area contributed by atoms with Crippen LogP contribution in [0, 0.1) is 0 Å². The summed E-state index contributed by atoms with van der Waals surface area (Å²) in [6.45, 7) is 2.86. The molecule has 2 aromatic rings. The van der Waals surface area contributed by atoms with Crippen molar-refractivity contribution < 1.29 is 8.42 Å². The number of hydrogen-bond acceptors (Lipinski definition) is 4. The van der Waals surface area contributed by atoms with Crippen molar-refractivity contribution in [2.75, 3.05) is 6.54 Å². The van der Waals surface area contributed by atoms with Crippen molar-refractivity contribution in [1.29, 1.82) is 0 Å². The molecule has 0 aliphatic carbocycles. The number of nitrogens with two attached hydrogens (primary N) is 1. The lowest BCUT2D eigenvalue weighted by Crippen LogP contribution is -2.26. The zero-order valence-corrected chi connectivity index (χ0v) is 12.8. The van der Waals surface area contributed by atoms with Gasteiger partial charge in [0.05, 0.1) is 4.90 Å². The van der Waals surface area contributed by atoms with E-state index in [4.69, 9.17) is 5.73 Å². The van der Waals surface area contributed by atoms with Crippen LogP contribution in [0.3, 0.4) is 0 Å². The average Bonchev–Trinajstić information content (AvgIpc) is 2.97. The molecule has 0 amide bonds. The van der Waals surface area contributed by atoms with Gasteiger partial charge >= 0.3 is 0 Å². The maximum absolute atomic E-state index is 12.2. The number of aromatic nitrogens is 2. The van der Waals surface area contributed by atoms with E-state index in [9.17, 15) is 8.42 Å². The number of aryl methyl sites for hydroxylation is 1. The fraction of sp³-hybridized carbons (Fsp3) is 0.357. The Kier molecular flexibility index (Phi) is 5.11. The summed E-state index contributed by atoms with van der Waals surface area (Å²) in [5, 5.41) is 4.06. The second-order valence-electron chi connectivity index (χ2n) is 4.88. The average molecular weight is 308 g/mol. The van der Waals surface area contributed by atoms with Gasteiger partial charge in [-0.05, 0) is 37.1 Å². The van der Waals surface area contributed by atoms with E-state index < -0.39 is 10.0 Å². The molecule has 0 saturated heterocycles. The summed E-state index contributed by atoms with van der Waals surface area (Å²) in [7, 11) is -3.49. The standard InChI is InChI=1S/C14H20N4O2S/c1-12(15)13-5-2-6-14(11-13)21(19,20)17-8-4-10-18-9-3-7-16-18/h2-3,5-7,9,11-12,17H,4,8,10,15H2,1H3. The largest absolute Gasteiger partial charge is 0.324 e. The number of hydrogen-bond donors (Lipinski definition) is 2. The molecule has 0 fully saturated rings. The third-order valence-corrected chi connectivity index (χ3v) is 4.57. The van der Waals surface area contributed by atoms with Crippen molar-refractivity contribution in [1.82, 2.24) is 14.5 Å². The minimum absolute atomic E-state index is 0.194. The summed E-state index contributed by atoms with van der Waals surface area (Å²) < 4.78 is 28.8. The first kappa shape index (κ1) is 15.7. The summed E-state index contributed by atoms with van der Waals surface area (Å²) >= 11 is 0. The molecule has 1 atom stereocenters. The Morgan fingerprint density at radius 2 is 2.19 bits per heavy atom. The summed E-state index contributed by atoms with van der Waals surface area (Å²) in [5.41, 5.74) is 6.58. The molecule has 2 rings (SSSR count). The van der Waals surface area contributed by atoms with Crippen LogP contribution in [0.15, 0.2) is 47.6 Å². The Hall–Kier alpha value is -1.70.